The molecule has 4 aromatic rings. The van der Waals surface area contributed by atoms with Crippen LogP contribution in [0.2, 0.25) is 5.02 Å². The Bertz CT molecular complexity index is 1680. The molecule has 5 rings (SSSR count). The first-order chi connectivity index (χ1) is 21.1. The average Bonchev–Trinajstić information content (AvgIpc) is 3.07. The number of carbonyl (C=O) groups excluding carboxylic acids is 4. The van der Waals surface area contributed by atoms with E-state index in [-0.39, 0.29) is 18.5 Å². The lowest BCUT2D eigenvalue weighted by Crippen LogP contribution is -2.53. The van der Waals surface area contributed by atoms with E-state index >= 15 is 0 Å². The van der Waals surface area contributed by atoms with Crippen molar-refractivity contribution in [2.75, 3.05) is 26.6 Å². The van der Waals surface area contributed by atoms with Gasteiger partial charge in [-0.1, -0.05) is 60.1 Å². The highest BCUT2D eigenvalue weighted by Crippen LogP contribution is 2.44. The van der Waals surface area contributed by atoms with E-state index in [9.17, 15) is 19.2 Å². The van der Waals surface area contributed by atoms with Crippen LogP contribution in [0.1, 0.15) is 27.2 Å². The van der Waals surface area contributed by atoms with Crippen LogP contribution in [0.3, 0.4) is 0 Å². The second-order valence-electron chi connectivity index (χ2n) is 11.1. The monoisotopic (exact) mass is 608 g/mol. The standard InChI is InChI=1S/C35H33ClN4O4/c1-24(2)39(27-14-8-5-9-15-27)32(42)23-38-29-16-10-11-17-30(29)40(28-20-18-25(36)19-21-28)34(44)35(3,33(38)43)22-31(41)37-26-12-6-4-7-13-26/h4-21,24H,22-23H2,1-3H3,(H,37,41). The van der Waals surface area contributed by atoms with Crippen LogP contribution >= 0.6 is 11.6 Å². The van der Waals surface area contributed by atoms with Gasteiger partial charge in [0.05, 0.1) is 17.8 Å². The predicted molar refractivity (Wildman–Crippen MR) is 174 cm³/mol. The van der Waals surface area contributed by atoms with Gasteiger partial charge >= 0.3 is 0 Å². The summed E-state index contributed by atoms with van der Waals surface area (Å²) in [6.07, 6.45) is -0.449. The summed E-state index contributed by atoms with van der Waals surface area (Å²) in [6, 6.07) is 31.4. The maximum atomic E-state index is 14.6. The van der Waals surface area contributed by atoms with Gasteiger partial charge in [0, 0.05) is 28.1 Å². The zero-order valence-corrected chi connectivity index (χ0v) is 25.5. The number of benzene rings is 4. The second-order valence-corrected chi connectivity index (χ2v) is 11.5. The number of nitrogens with one attached hydrogen (secondary N) is 1. The Kier molecular flexibility index (Phi) is 8.83. The average molecular weight is 609 g/mol. The summed E-state index contributed by atoms with van der Waals surface area (Å²) >= 11 is 6.17. The van der Waals surface area contributed by atoms with Crippen LogP contribution in [-0.2, 0) is 19.2 Å². The number of amides is 4. The summed E-state index contributed by atoms with van der Waals surface area (Å²) in [7, 11) is 0. The lowest BCUT2D eigenvalue weighted by molar-refractivity contribution is -0.142. The molecule has 224 valence electrons. The molecule has 1 heterocycles. The van der Waals surface area contributed by atoms with Gasteiger partial charge < -0.3 is 10.2 Å². The third-order valence-corrected chi connectivity index (χ3v) is 7.83. The van der Waals surface area contributed by atoms with Crippen molar-refractivity contribution in [3.05, 3.63) is 114 Å². The number of anilines is 5. The van der Waals surface area contributed by atoms with Crippen LogP contribution in [0.4, 0.5) is 28.4 Å². The van der Waals surface area contributed by atoms with Crippen molar-refractivity contribution in [3.63, 3.8) is 0 Å². The van der Waals surface area contributed by atoms with Gasteiger partial charge in [0.25, 0.3) is 0 Å². The van der Waals surface area contributed by atoms with Gasteiger partial charge in [0.15, 0.2) is 0 Å². The number of nitrogens with zero attached hydrogens (tertiary/aromatic N) is 3. The fourth-order valence-corrected chi connectivity index (χ4v) is 5.60. The SMILES string of the molecule is CC(C)N(C(=O)CN1C(=O)C(C)(CC(=O)Nc2ccccc2)C(=O)N(c2ccc(Cl)cc2)c2ccccc21)c1ccccc1. The fraction of sp³-hybridized carbons (Fsp3) is 0.200. The summed E-state index contributed by atoms with van der Waals surface area (Å²) in [5, 5.41) is 3.28. The van der Waals surface area contributed by atoms with E-state index in [1.54, 1.807) is 77.7 Å². The minimum atomic E-state index is -1.87. The largest absolute Gasteiger partial charge is 0.326 e. The third kappa shape index (κ3) is 6.07. The molecule has 4 aromatic carbocycles. The van der Waals surface area contributed by atoms with E-state index < -0.39 is 29.6 Å². The summed E-state index contributed by atoms with van der Waals surface area (Å²) in [4.78, 5) is 61.0. The van der Waals surface area contributed by atoms with Crippen molar-refractivity contribution >= 4 is 63.7 Å². The zero-order valence-electron chi connectivity index (χ0n) is 24.7. The maximum Gasteiger partial charge on any atom is 0.247 e. The highest BCUT2D eigenvalue weighted by atomic mass is 35.5. The topological polar surface area (TPSA) is 90.0 Å². The van der Waals surface area contributed by atoms with Crippen molar-refractivity contribution in [2.24, 2.45) is 5.41 Å². The zero-order chi connectivity index (χ0) is 31.4. The van der Waals surface area contributed by atoms with E-state index in [1.165, 1.54) is 16.7 Å². The Hall–Kier alpha value is -4.95. The molecule has 0 fully saturated rings. The van der Waals surface area contributed by atoms with Crippen molar-refractivity contribution in [2.45, 2.75) is 33.2 Å². The van der Waals surface area contributed by atoms with Gasteiger partial charge in [-0.05, 0) is 81.4 Å². The summed E-state index contributed by atoms with van der Waals surface area (Å²) in [5.74, 6) is -2.10. The molecule has 9 heteroatoms. The van der Waals surface area contributed by atoms with Crippen molar-refractivity contribution in [1.82, 2.24) is 0 Å². The Morgan fingerprint density at radius 1 is 0.795 bits per heavy atom. The summed E-state index contributed by atoms with van der Waals surface area (Å²) in [6.45, 7) is 4.91. The lowest BCUT2D eigenvalue weighted by Gasteiger charge is -2.33. The molecule has 0 aliphatic carbocycles. The molecule has 0 aromatic heterocycles. The Labute approximate surface area is 261 Å². The molecular weight excluding hydrogens is 576 g/mol. The van der Waals surface area contributed by atoms with Crippen LogP contribution in [-0.4, -0.2) is 36.2 Å². The molecule has 1 unspecified atom stereocenters. The minimum absolute atomic E-state index is 0.211. The van der Waals surface area contributed by atoms with Crippen molar-refractivity contribution in [3.8, 4) is 0 Å². The van der Waals surface area contributed by atoms with Crippen molar-refractivity contribution in [1.29, 1.82) is 0 Å². The summed E-state index contributed by atoms with van der Waals surface area (Å²) in [5.41, 5.74) is 0.604. The number of rotatable bonds is 8. The van der Waals surface area contributed by atoms with E-state index in [0.717, 1.165) is 0 Å². The highest BCUT2D eigenvalue weighted by Gasteiger charge is 2.52. The maximum absolute atomic E-state index is 14.6. The molecule has 4 amide bonds. The van der Waals surface area contributed by atoms with Crippen LogP contribution in [0.25, 0.3) is 0 Å². The van der Waals surface area contributed by atoms with Gasteiger partial charge in [-0.25, -0.2) is 0 Å². The molecule has 0 radical (unpaired) electrons. The van der Waals surface area contributed by atoms with E-state index in [1.807, 2.05) is 50.2 Å². The first kappa shape index (κ1) is 30.5. The quantitative estimate of drug-likeness (QED) is 0.222. The van der Waals surface area contributed by atoms with Gasteiger partial charge in [-0.2, -0.15) is 0 Å². The molecule has 1 N–H and O–H groups in total. The number of halogens is 1. The summed E-state index contributed by atoms with van der Waals surface area (Å²) < 4.78 is 0. The van der Waals surface area contributed by atoms with Crippen molar-refractivity contribution < 1.29 is 19.2 Å². The number of fused-ring (bicyclic) bond motifs is 1. The first-order valence-corrected chi connectivity index (χ1v) is 14.7. The van der Waals surface area contributed by atoms with Crippen LogP contribution in [0.5, 0.6) is 0 Å². The number of para-hydroxylation sites is 4. The molecule has 1 atom stereocenters. The molecule has 0 saturated heterocycles. The number of hydrogen-bond acceptors (Lipinski definition) is 4. The molecule has 8 nitrogen and oxygen atoms in total. The molecule has 1 aliphatic heterocycles. The van der Waals surface area contributed by atoms with E-state index in [2.05, 4.69) is 5.32 Å². The fourth-order valence-electron chi connectivity index (χ4n) is 5.47. The van der Waals surface area contributed by atoms with E-state index in [4.69, 9.17) is 11.6 Å². The Balaban J connectivity index is 1.61. The third-order valence-electron chi connectivity index (χ3n) is 7.58. The minimum Gasteiger partial charge on any atom is -0.326 e. The molecule has 44 heavy (non-hydrogen) atoms. The van der Waals surface area contributed by atoms with Crippen LogP contribution in [0.15, 0.2) is 109 Å². The van der Waals surface area contributed by atoms with E-state index in [0.29, 0.717) is 33.5 Å². The second kappa shape index (κ2) is 12.7. The molecule has 0 spiro atoms. The lowest BCUT2D eigenvalue weighted by atomic mass is 9.83. The molecule has 0 bridgehead atoms. The van der Waals surface area contributed by atoms with Gasteiger partial charge in [0.2, 0.25) is 23.6 Å². The number of hydrogen-bond donors (Lipinski definition) is 1. The van der Waals surface area contributed by atoms with Gasteiger partial charge in [0.1, 0.15) is 12.0 Å². The molecular formula is C35H33ClN4O4. The van der Waals surface area contributed by atoms with Crippen LogP contribution < -0.4 is 20.0 Å². The smallest absolute Gasteiger partial charge is 0.247 e. The van der Waals surface area contributed by atoms with Crippen LogP contribution in [0, 0.1) is 5.41 Å². The van der Waals surface area contributed by atoms with Gasteiger partial charge in [-0.15, -0.1) is 0 Å². The first-order valence-electron chi connectivity index (χ1n) is 14.3. The van der Waals surface area contributed by atoms with Gasteiger partial charge in [-0.3, -0.25) is 29.0 Å². The highest BCUT2D eigenvalue weighted by molar-refractivity contribution is 6.31. The predicted octanol–water partition coefficient (Wildman–Crippen LogP) is 6.83. The Morgan fingerprint density at radius 3 is 1.98 bits per heavy atom. The molecule has 0 saturated carbocycles. The number of carbonyl (C=O) groups is 4. The molecule has 1 aliphatic rings. The normalized spacial score (nSPS) is 16.4. The Morgan fingerprint density at radius 2 is 1.36 bits per heavy atom.